The van der Waals surface area contributed by atoms with Crippen LogP contribution in [-0.2, 0) is 19.1 Å². The van der Waals surface area contributed by atoms with E-state index in [1.807, 2.05) is 6.92 Å². The van der Waals surface area contributed by atoms with Gasteiger partial charge in [-0.1, -0.05) is 27.3 Å². The fourth-order valence-electron chi connectivity index (χ4n) is 3.92. The average Bonchev–Trinajstić information content (AvgIpc) is 3.17. The van der Waals surface area contributed by atoms with Gasteiger partial charge in [0.2, 0.25) is 0 Å². The molecular formula is C22H21F4N2O3PS. The van der Waals surface area contributed by atoms with E-state index in [4.69, 9.17) is 9.47 Å². The molecule has 0 saturated carbocycles. The van der Waals surface area contributed by atoms with Gasteiger partial charge in [-0.3, -0.25) is 4.79 Å². The summed E-state index contributed by atoms with van der Waals surface area (Å²) in [7, 11) is 1.55. The molecule has 0 aromatic heterocycles. The summed E-state index contributed by atoms with van der Waals surface area (Å²) in [4.78, 5) is 11.9. The molecule has 2 aromatic rings. The number of hydrogen-bond acceptors (Lipinski definition) is 5. The van der Waals surface area contributed by atoms with Crippen molar-refractivity contribution in [3.05, 3.63) is 64.7 Å². The Labute approximate surface area is 194 Å². The summed E-state index contributed by atoms with van der Waals surface area (Å²) in [5, 5.41) is 5.82. The van der Waals surface area contributed by atoms with E-state index in [1.54, 1.807) is 0 Å². The lowest BCUT2D eigenvalue weighted by atomic mass is 9.93. The minimum atomic E-state index is -1.33. The molecule has 5 nitrogen and oxygen atoms in total. The Morgan fingerprint density at radius 3 is 2.73 bits per heavy atom. The van der Waals surface area contributed by atoms with E-state index in [0.717, 1.165) is 41.0 Å². The predicted octanol–water partition coefficient (Wildman–Crippen LogP) is 3.95. The Morgan fingerprint density at radius 1 is 1.18 bits per heavy atom. The number of benzene rings is 2. The summed E-state index contributed by atoms with van der Waals surface area (Å²) in [6.45, 7) is 1.91. The SMILES string of the molecule is COCCOCC(=O)N1N=C(c2cc(F)ccc2F)S[C@@]12c1cc(F)cc(F)c1PCC2C. The first-order chi connectivity index (χ1) is 15.8. The Morgan fingerprint density at radius 2 is 1.97 bits per heavy atom. The van der Waals surface area contributed by atoms with Gasteiger partial charge in [0.05, 0.1) is 13.2 Å². The Kier molecular flexibility index (Phi) is 7.09. The van der Waals surface area contributed by atoms with Gasteiger partial charge in [-0.25, -0.2) is 22.6 Å². The number of nitrogens with zero attached hydrogens (tertiary/aromatic N) is 2. The smallest absolute Gasteiger partial charge is 0.270 e. The second-order valence-corrected chi connectivity index (χ2v) is 10.1. The number of methoxy groups -OCH3 is 1. The average molecular weight is 500 g/mol. The van der Waals surface area contributed by atoms with Crippen molar-refractivity contribution in [1.29, 1.82) is 0 Å². The molecule has 0 fully saturated rings. The van der Waals surface area contributed by atoms with Gasteiger partial charge in [0.1, 0.15) is 39.8 Å². The highest BCUT2D eigenvalue weighted by Crippen LogP contribution is 2.56. The lowest BCUT2D eigenvalue weighted by Crippen LogP contribution is -2.52. The van der Waals surface area contributed by atoms with Gasteiger partial charge in [0.25, 0.3) is 5.91 Å². The van der Waals surface area contributed by atoms with Crippen molar-refractivity contribution in [2.75, 3.05) is 33.1 Å². The van der Waals surface area contributed by atoms with Crippen LogP contribution in [0.2, 0.25) is 0 Å². The third-order valence-electron chi connectivity index (χ3n) is 5.50. The van der Waals surface area contributed by atoms with Gasteiger partial charge in [-0.2, -0.15) is 5.10 Å². The van der Waals surface area contributed by atoms with E-state index in [1.165, 1.54) is 13.2 Å². The Balaban J connectivity index is 1.83. The maximum absolute atomic E-state index is 14.7. The van der Waals surface area contributed by atoms with E-state index < -0.39 is 34.0 Å². The number of carbonyl (C=O) groups excluding carboxylic acids is 1. The molecule has 11 heteroatoms. The molecule has 2 unspecified atom stereocenters. The molecular weight excluding hydrogens is 479 g/mol. The molecule has 2 aliphatic heterocycles. The number of hydrazone groups is 1. The predicted molar refractivity (Wildman–Crippen MR) is 120 cm³/mol. The van der Waals surface area contributed by atoms with Crippen molar-refractivity contribution in [2.45, 2.75) is 11.8 Å². The van der Waals surface area contributed by atoms with Gasteiger partial charge in [-0.15, -0.1) is 0 Å². The highest BCUT2D eigenvalue weighted by atomic mass is 32.2. The van der Waals surface area contributed by atoms with Crippen molar-refractivity contribution in [2.24, 2.45) is 11.0 Å². The number of thioether (sulfide) groups is 1. The lowest BCUT2D eigenvalue weighted by molar-refractivity contribution is -0.141. The summed E-state index contributed by atoms with van der Waals surface area (Å²) in [5.74, 6) is -3.76. The first-order valence-corrected chi connectivity index (χ1v) is 12.2. The van der Waals surface area contributed by atoms with E-state index in [9.17, 15) is 22.4 Å². The van der Waals surface area contributed by atoms with Crippen LogP contribution >= 0.6 is 20.3 Å². The standard InChI is InChI=1S/C22H21F4N2O3PS/c1-12-11-32-20-16(8-14(24)9-18(20)26)22(12)28(19(29)10-31-6-5-30-2)27-21(33-22)15-7-13(23)3-4-17(15)25/h3-4,7-9,12,32H,5-6,10-11H2,1-2H3/t12?,22-/m0/s1. The van der Waals surface area contributed by atoms with E-state index in [-0.39, 0.29) is 50.5 Å². The van der Waals surface area contributed by atoms with Crippen molar-refractivity contribution in [3.63, 3.8) is 0 Å². The maximum Gasteiger partial charge on any atom is 0.270 e. The lowest BCUT2D eigenvalue weighted by Gasteiger charge is -2.44. The zero-order chi connectivity index (χ0) is 23.8. The van der Waals surface area contributed by atoms with Crippen LogP contribution < -0.4 is 5.30 Å². The fraction of sp³-hybridized carbons (Fsp3) is 0.364. The highest BCUT2D eigenvalue weighted by molar-refractivity contribution is 8.15. The third kappa shape index (κ3) is 4.41. The molecule has 176 valence electrons. The van der Waals surface area contributed by atoms with E-state index in [2.05, 4.69) is 5.10 Å². The summed E-state index contributed by atoms with van der Waals surface area (Å²) < 4.78 is 67.8. The highest BCUT2D eigenvalue weighted by Gasteiger charge is 2.55. The number of rotatable bonds is 6. The first kappa shape index (κ1) is 24.1. The number of fused-ring (bicyclic) bond motifs is 2. The van der Waals surface area contributed by atoms with Crippen LogP contribution in [0.25, 0.3) is 0 Å². The van der Waals surface area contributed by atoms with Gasteiger partial charge in [0, 0.05) is 29.6 Å². The molecule has 0 aliphatic carbocycles. The van der Waals surface area contributed by atoms with Crippen molar-refractivity contribution >= 4 is 36.6 Å². The van der Waals surface area contributed by atoms with Crippen LogP contribution in [0.3, 0.4) is 0 Å². The van der Waals surface area contributed by atoms with E-state index in [0.29, 0.717) is 11.5 Å². The molecule has 0 bridgehead atoms. The van der Waals surface area contributed by atoms with Crippen molar-refractivity contribution < 1.29 is 31.8 Å². The molecule has 0 saturated heterocycles. The summed E-state index contributed by atoms with van der Waals surface area (Å²) in [6, 6.07) is 4.94. The first-order valence-electron chi connectivity index (χ1n) is 10.1. The summed E-state index contributed by atoms with van der Waals surface area (Å²) in [5.41, 5.74) is 0.136. The normalized spacial score (nSPS) is 22.7. The molecule has 1 amide bonds. The van der Waals surface area contributed by atoms with Crippen LogP contribution in [0, 0.1) is 29.2 Å². The summed E-state index contributed by atoms with van der Waals surface area (Å²) in [6.07, 6.45) is 0.505. The number of amides is 1. The van der Waals surface area contributed by atoms with Crippen LogP contribution in [0.15, 0.2) is 35.4 Å². The number of hydrogen-bond donors (Lipinski definition) is 0. The molecule has 33 heavy (non-hydrogen) atoms. The number of carbonyl (C=O) groups is 1. The number of halogens is 4. The molecule has 1 spiro atoms. The minimum Gasteiger partial charge on any atom is -0.382 e. The molecule has 2 aromatic carbocycles. The van der Waals surface area contributed by atoms with Crippen LogP contribution in [0.1, 0.15) is 18.1 Å². The zero-order valence-electron chi connectivity index (χ0n) is 17.8. The Hall–Kier alpha value is -2.00. The Bertz CT molecular complexity index is 1120. The van der Waals surface area contributed by atoms with Gasteiger partial charge in [-0.05, 0) is 36.3 Å². The second-order valence-electron chi connectivity index (χ2n) is 7.67. The largest absolute Gasteiger partial charge is 0.382 e. The zero-order valence-corrected chi connectivity index (χ0v) is 19.6. The van der Waals surface area contributed by atoms with Crippen LogP contribution in [0.4, 0.5) is 17.6 Å². The topological polar surface area (TPSA) is 51.1 Å². The maximum atomic E-state index is 14.7. The monoisotopic (exact) mass is 500 g/mol. The van der Waals surface area contributed by atoms with E-state index >= 15 is 0 Å². The van der Waals surface area contributed by atoms with Crippen LogP contribution in [-0.4, -0.2) is 49.1 Å². The fourth-order valence-corrected chi connectivity index (χ4v) is 7.13. The molecule has 4 rings (SSSR count). The van der Waals surface area contributed by atoms with Crippen molar-refractivity contribution in [1.82, 2.24) is 5.01 Å². The number of ether oxygens (including phenoxy) is 2. The molecule has 0 N–H and O–H groups in total. The molecule has 2 aliphatic rings. The molecule has 0 radical (unpaired) electrons. The van der Waals surface area contributed by atoms with Gasteiger partial charge in [0.15, 0.2) is 0 Å². The third-order valence-corrected chi connectivity index (χ3v) is 8.78. The van der Waals surface area contributed by atoms with Crippen LogP contribution in [0.5, 0.6) is 0 Å². The van der Waals surface area contributed by atoms with Crippen molar-refractivity contribution in [3.8, 4) is 0 Å². The second kappa shape index (κ2) is 9.70. The summed E-state index contributed by atoms with van der Waals surface area (Å²) >= 11 is 0.998. The van der Waals surface area contributed by atoms with Gasteiger partial charge >= 0.3 is 0 Å². The van der Waals surface area contributed by atoms with Gasteiger partial charge < -0.3 is 9.47 Å². The minimum absolute atomic E-state index is 0.0462. The molecule has 3 atom stereocenters. The quantitative estimate of drug-likeness (QED) is 0.343. The molecule has 2 heterocycles.